The van der Waals surface area contributed by atoms with Gasteiger partial charge in [-0.2, -0.15) is 0 Å². The van der Waals surface area contributed by atoms with Crippen molar-refractivity contribution in [3.8, 4) is 0 Å². The first-order chi connectivity index (χ1) is 7.12. The summed E-state index contributed by atoms with van der Waals surface area (Å²) in [5.41, 5.74) is 0. The lowest BCUT2D eigenvalue weighted by Crippen LogP contribution is -2.11. The van der Waals surface area contributed by atoms with Gasteiger partial charge in [0.05, 0.1) is 6.26 Å². The molecule has 0 aromatic rings. The van der Waals surface area contributed by atoms with Crippen LogP contribution in [0.1, 0.15) is 58.3 Å². The molecule has 0 aromatic carbocycles. The Morgan fingerprint density at radius 1 is 1.00 bits per heavy atom. The van der Waals surface area contributed by atoms with Crippen LogP contribution >= 0.6 is 0 Å². The van der Waals surface area contributed by atoms with Crippen LogP contribution in [0.3, 0.4) is 0 Å². The number of unbranched alkanes of at least 4 members (excludes halogenated alkanes) is 6. The molecule has 0 aliphatic heterocycles. The third kappa shape index (κ3) is 9.70. The van der Waals surface area contributed by atoms with Gasteiger partial charge in [-0.15, -0.1) is 0 Å². The molecule has 0 aliphatic rings. The quantitative estimate of drug-likeness (QED) is 0.435. The third-order valence-electron chi connectivity index (χ3n) is 2.43. The Hall–Kier alpha value is -0.600. The van der Waals surface area contributed by atoms with Crippen LogP contribution in [0.2, 0.25) is 0 Å². The smallest absolute Gasteiger partial charge is 0.269 e. The number of alkyl halides is 2. The molecule has 15 heavy (non-hydrogen) atoms. The van der Waals surface area contributed by atoms with Crippen molar-refractivity contribution in [3.05, 3.63) is 12.3 Å². The van der Waals surface area contributed by atoms with E-state index in [1.165, 1.54) is 19.3 Å². The molecule has 1 nitrogen and oxygen atoms in total. The summed E-state index contributed by atoms with van der Waals surface area (Å²) in [6.07, 6.45) is 8.07. The van der Waals surface area contributed by atoms with Crippen LogP contribution in [-0.2, 0) is 0 Å². The van der Waals surface area contributed by atoms with Crippen molar-refractivity contribution in [1.82, 2.24) is 0 Å². The van der Waals surface area contributed by atoms with Crippen LogP contribution in [0, 0.1) is 0 Å². The van der Waals surface area contributed by atoms with Gasteiger partial charge >= 0.3 is 0 Å². The highest BCUT2D eigenvalue weighted by Crippen LogP contribution is 2.23. The molecular weight excluding hydrogens is 198 g/mol. The normalized spacial score (nSPS) is 12.5. The second-order valence-electron chi connectivity index (χ2n) is 3.95. The van der Waals surface area contributed by atoms with Crippen LogP contribution in [-0.4, -0.2) is 11.0 Å². The third-order valence-corrected chi connectivity index (χ3v) is 2.43. The average Bonchev–Trinajstić information content (AvgIpc) is 2.16. The molecule has 0 amide bonds. The van der Waals surface area contributed by atoms with E-state index in [1.54, 1.807) is 0 Å². The first-order valence-electron chi connectivity index (χ1n) is 5.82. The molecule has 0 saturated heterocycles. The molecule has 0 atom stereocenters. The van der Waals surface area contributed by atoms with Crippen molar-refractivity contribution < 1.29 is 13.9 Å². The fourth-order valence-corrected chi connectivity index (χ4v) is 1.51. The van der Waals surface area contributed by atoms with Crippen molar-refractivity contribution >= 4 is 0 Å². The molecule has 0 unspecified atom stereocenters. The van der Waals surface area contributed by atoms with E-state index in [2.05, 4.69) is 6.92 Å². The van der Waals surface area contributed by atoms with E-state index in [1.807, 2.05) is 0 Å². The lowest BCUT2D eigenvalue weighted by atomic mass is 10.1. The van der Waals surface area contributed by atoms with Gasteiger partial charge in [0.2, 0.25) is 0 Å². The average molecular weight is 220 g/mol. The van der Waals surface area contributed by atoms with Crippen molar-refractivity contribution in [3.63, 3.8) is 0 Å². The fourth-order valence-electron chi connectivity index (χ4n) is 1.51. The summed E-state index contributed by atoms with van der Waals surface area (Å²) in [7, 11) is 0. The van der Waals surface area contributed by atoms with Gasteiger partial charge < -0.3 is 5.11 Å². The Balaban J connectivity index is 3.30. The highest BCUT2D eigenvalue weighted by molar-refractivity contribution is 4.89. The van der Waals surface area contributed by atoms with Crippen molar-refractivity contribution in [1.29, 1.82) is 0 Å². The molecule has 1 N–H and O–H groups in total. The molecule has 3 heteroatoms. The minimum absolute atomic E-state index is 0.155. The lowest BCUT2D eigenvalue weighted by molar-refractivity contribution is 0.0408. The zero-order valence-electron chi connectivity index (χ0n) is 9.51. The van der Waals surface area contributed by atoms with E-state index in [0.717, 1.165) is 19.3 Å². The number of allylic oxidation sites excluding steroid dienone is 1. The van der Waals surface area contributed by atoms with Gasteiger partial charge in [-0.05, 0) is 6.42 Å². The molecule has 0 heterocycles. The molecule has 0 radical (unpaired) electrons. The Morgan fingerprint density at radius 3 is 2.07 bits per heavy atom. The molecule has 0 fully saturated rings. The molecule has 0 saturated carbocycles. The Morgan fingerprint density at radius 2 is 1.53 bits per heavy atom. The van der Waals surface area contributed by atoms with Crippen LogP contribution in [0.25, 0.3) is 0 Å². The lowest BCUT2D eigenvalue weighted by Gasteiger charge is -2.10. The second kappa shape index (κ2) is 8.69. The number of hydrogen-bond donors (Lipinski definition) is 1. The van der Waals surface area contributed by atoms with Crippen LogP contribution in [0.5, 0.6) is 0 Å². The molecule has 0 rings (SSSR count). The van der Waals surface area contributed by atoms with Gasteiger partial charge in [-0.1, -0.05) is 45.4 Å². The number of aliphatic hydroxyl groups excluding tert-OH is 1. The highest BCUT2D eigenvalue weighted by atomic mass is 19.3. The number of rotatable bonds is 9. The molecule has 0 aliphatic carbocycles. The minimum atomic E-state index is -2.84. The predicted octanol–water partition coefficient (Wildman–Crippen LogP) is 4.83. The van der Waals surface area contributed by atoms with Gasteiger partial charge in [0.15, 0.2) is 0 Å². The van der Waals surface area contributed by atoms with Gasteiger partial charge in [-0.3, -0.25) is 0 Å². The first kappa shape index (κ1) is 14.4. The van der Waals surface area contributed by atoms with Crippen molar-refractivity contribution in [2.24, 2.45) is 0 Å². The van der Waals surface area contributed by atoms with E-state index < -0.39 is 5.92 Å². The van der Waals surface area contributed by atoms with E-state index in [-0.39, 0.29) is 6.42 Å². The van der Waals surface area contributed by atoms with Crippen LogP contribution in [0.15, 0.2) is 12.3 Å². The topological polar surface area (TPSA) is 20.2 Å². The van der Waals surface area contributed by atoms with Gasteiger partial charge in [0.25, 0.3) is 5.92 Å². The molecule has 0 spiro atoms. The fraction of sp³-hybridized carbons (Fsp3) is 0.833. The summed E-state index contributed by atoms with van der Waals surface area (Å²) in [6, 6.07) is 0. The zero-order valence-corrected chi connectivity index (χ0v) is 9.51. The van der Waals surface area contributed by atoms with Crippen molar-refractivity contribution in [2.75, 3.05) is 0 Å². The summed E-state index contributed by atoms with van der Waals surface area (Å²) in [5, 5.41) is 8.24. The van der Waals surface area contributed by atoms with Crippen LogP contribution in [0.4, 0.5) is 8.78 Å². The monoisotopic (exact) mass is 220 g/mol. The Kier molecular flexibility index (Phi) is 8.34. The standard InChI is InChI=1S/C12H22F2O/c1-2-3-4-5-6-7-8-9-12(13,14)10-11-15/h10-11,15H,2-9H2,1H3. The highest BCUT2D eigenvalue weighted by Gasteiger charge is 2.23. The second-order valence-corrected chi connectivity index (χ2v) is 3.95. The molecular formula is C12H22F2O. The summed E-state index contributed by atoms with van der Waals surface area (Å²) >= 11 is 0. The predicted molar refractivity (Wildman–Crippen MR) is 59.3 cm³/mol. The summed E-state index contributed by atoms with van der Waals surface area (Å²) < 4.78 is 25.6. The van der Waals surface area contributed by atoms with Crippen LogP contribution < -0.4 is 0 Å². The number of aliphatic hydroxyl groups is 1. The summed E-state index contributed by atoms with van der Waals surface area (Å²) in [6.45, 7) is 2.15. The maximum Gasteiger partial charge on any atom is 0.269 e. The maximum absolute atomic E-state index is 12.8. The van der Waals surface area contributed by atoms with Gasteiger partial charge in [0.1, 0.15) is 0 Å². The van der Waals surface area contributed by atoms with E-state index >= 15 is 0 Å². The van der Waals surface area contributed by atoms with Gasteiger partial charge in [-0.25, -0.2) is 8.78 Å². The van der Waals surface area contributed by atoms with E-state index in [9.17, 15) is 8.78 Å². The zero-order chi connectivity index (χ0) is 11.6. The number of halogens is 2. The molecule has 0 bridgehead atoms. The minimum Gasteiger partial charge on any atom is -0.516 e. The largest absolute Gasteiger partial charge is 0.516 e. The summed E-state index contributed by atoms with van der Waals surface area (Å²) in [4.78, 5) is 0. The molecule has 0 aromatic heterocycles. The maximum atomic E-state index is 12.8. The van der Waals surface area contributed by atoms with Crippen molar-refractivity contribution in [2.45, 2.75) is 64.2 Å². The first-order valence-corrected chi connectivity index (χ1v) is 5.82. The van der Waals surface area contributed by atoms with E-state index in [0.29, 0.717) is 18.8 Å². The molecule has 90 valence electrons. The Bertz CT molecular complexity index is 167. The van der Waals surface area contributed by atoms with E-state index in [4.69, 9.17) is 5.11 Å². The number of hydrogen-bond acceptors (Lipinski definition) is 1. The summed E-state index contributed by atoms with van der Waals surface area (Å²) in [5.74, 6) is -2.84. The SMILES string of the molecule is CCCCCCCCCC(F)(F)C=CO. The Labute approximate surface area is 91.2 Å². The van der Waals surface area contributed by atoms with Gasteiger partial charge in [0, 0.05) is 12.5 Å².